The van der Waals surface area contributed by atoms with Crippen LogP contribution < -0.4 is 19.1 Å². The fourth-order valence-corrected chi connectivity index (χ4v) is 5.23. The maximum Gasteiger partial charge on any atom is 0.267 e. The van der Waals surface area contributed by atoms with E-state index in [4.69, 9.17) is 25.8 Å². The molecule has 1 heterocycles. The van der Waals surface area contributed by atoms with E-state index in [0.29, 0.717) is 23.1 Å². The third-order valence-corrected chi connectivity index (χ3v) is 7.26. The Hall–Kier alpha value is -3.27. The number of halogens is 1. The first-order valence-electron chi connectivity index (χ1n) is 10.3. The van der Waals surface area contributed by atoms with Crippen LogP contribution in [0.1, 0.15) is 5.56 Å². The molecule has 3 aromatic rings. The highest BCUT2D eigenvalue weighted by Crippen LogP contribution is 2.39. The Balaban J connectivity index is 1.65. The summed E-state index contributed by atoms with van der Waals surface area (Å²) < 4.78 is 44.4. The summed E-state index contributed by atoms with van der Waals surface area (Å²) in [6.45, 7) is 0.164. The Labute approximate surface area is 203 Å². The lowest BCUT2D eigenvalue weighted by atomic mass is 10.2. The highest BCUT2D eigenvalue weighted by Gasteiger charge is 2.38. The van der Waals surface area contributed by atoms with Crippen LogP contribution in [0.15, 0.2) is 71.6 Å². The summed E-state index contributed by atoms with van der Waals surface area (Å²) in [6, 6.07) is 17.8. The van der Waals surface area contributed by atoms with Gasteiger partial charge in [-0.25, -0.2) is 8.42 Å². The maximum atomic E-state index is 13.5. The molecule has 8 nitrogen and oxygen atoms in total. The molecule has 1 N–H and O–H groups in total. The molecule has 1 aliphatic rings. The smallest absolute Gasteiger partial charge is 0.267 e. The number of ether oxygens (including phenoxy) is 3. The van der Waals surface area contributed by atoms with Crippen molar-refractivity contribution in [2.45, 2.75) is 17.6 Å². The molecule has 3 aromatic carbocycles. The van der Waals surface area contributed by atoms with Gasteiger partial charge < -0.3 is 19.5 Å². The highest BCUT2D eigenvalue weighted by molar-refractivity contribution is 7.92. The van der Waals surface area contributed by atoms with Crippen molar-refractivity contribution in [3.8, 4) is 11.5 Å². The number of benzene rings is 3. The molecule has 0 radical (unpaired) electrons. The summed E-state index contributed by atoms with van der Waals surface area (Å²) in [5.74, 6) is 0.281. The van der Waals surface area contributed by atoms with E-state index < -0.39 is 22.0 Å². The molecule has 10 heteroatoms. The molecule has 0 bridgehead atoms. The number of anilines is 2. The number of rotatable bonds is 7. The van der Waals surface area contributed by atoms with Gasteiger partial charge in [0.15, 0.2) is 6.10 Å². The van der Waals surface area contributed by atoms with E-state index >= 15 is 0 Å². The Morgan fingerprint density at radius 3 is 2.59 bits per heavy atom. The fourth-order valence-electron chi connectivity index (χ4n) is 3.59. The summed E-state index contributed by atoms with van der Waals surface area (Å²) in [5.41, 5.74) is 1.69. The average Bonchev–Trinajstić information content (AvgIpc) is 2.83. The van der Waals surface area contributed by atoms with Gasteiger partial charge in [-0.15, -0.1) is 0 Å². The molecule has 0 unspecified atom stereocenters. The van der Waals surface area contributed by atoms with Crippen LogP contribution in [0.25, 0.3) is 0 Å². The van der Waals surface area contributed by atoms with Gasteiger partial charge in [0, 0.05) is 17.8 Å². The zero-order chi connectivity index (χ0) is 24.3. The second-order valence-corrected chi connectivity index (χ2v) is 9.85. The maximum absolute atomic E-state index is 13.5. The second-order valence-electron chi connectivity index (χ2n) is 7.55. The van der Waals surface area contributed by atoms with Crippen LogP contribution in [0.3, 0.4) is 0 Å². The number of carbonyl (C=O) groups is 1. The van der Waals surface area contributed by atoms with Crippen LogP contribution in [0.4, 0.5) is 11.4 Å². The zero-order valence-electron chi connectivity index (χ0n) is 18.5. The molecule has 0 spiro atoms. The second kappa shape index (κ2) is 9.92. The molecule has 1 aliphatic heterocycles. The van der Waals surface area contributed by atoms with Crippen molar-refractivity contribution in [1.82, 2.24) is 0 Å². The topological polar surface area (TPSA) is 94.2 Å². The third-order valence-electron chi connectivity index (χ3n) is 5.24. The number of nitrogens with one attached hydrogen (secondary N) is 1. The number of hydrogen-bond acceptors (Lipinski definition) is 6. The van der Waals surface area contributed by atoms with E-state index in [1.807, 2.05) is 6.07 Å². The Morgan fingerprint density at radius 2 is 1.88 bits per heavy atom. The fraction of sp³-hybridized carbons (Fsp3) is 0.208. The molecular formula is C24H23ClN2O6S. The highest BCUT2D eigenvalue weighted by atomic mass is 35.5. The van der Waals surface area contributed by atoms with E-state index in [2.05, 4.69) is 5.32 Å². The molecular weight excluding hydrogens is 480 g/mol. The molecule has 0 saturated carbocycles. The van der Waals surface area contributed by atoms with Crippen LogP contribution in [-0.2, 0) is 26.2 Å². The van der Waals surface area contributed by atoms with Crippen molar-refractivity contribution < 1.29 is 27.4 Å². The van der Waals surface area contributed by atoms with Gasteiger partial charge in [0.1, 0.15) is 11.5 Å². The Bertz CT molecular complexity index is 1300. The van der Waals surface area contributed by atoms with Crippen molar-refractivity contribution in [2.24, 2.45) is 0 Å². The normalized spacial score (nSPS) is 15.3. The molecule has 4 rings (SSSR count). The molecule has 34 heavy (non-hydrogen) atoms. The van der Waals surface area contributed by atoms with Crippen molar-refractivity contribution in [3.63, 3.8) is 0 Å². The van der Waals surface area contributed by atoms with Gasteiger partial charge in [-0.05, 0) is 60.2 Å². The van der Waals surface area contributed by atoms with Crippen LogP contribution in [0.2, 0.25) is 5.02 Å². The standard InChI is InChI=1S/C24H23ClN2O6S/c1-31-15-16-4-3-5-18(12-16)26-24(28)23-14-27(21-13-17(25)6-11-22(21)33-23)34(29,30)20-9-7-19(32-2)8-10-20/h3-13,23H,14-15H2,1-2H3,(H,26,28)/t23-/m1/s1. The van der Waals surface area contributed by atoms with E-state index in [1.54, 1.807) is 49.6 Å². The van der Waals surface area contributed by atoms with Crippen molar-refractivity contribution >= 4 is 38.9 Å². The Kier molecular flexibility index (Phi) is 6.97. The van der Waals surface area contributed by atoms with Crippen LogP contribution in [-0.4, -0.2) is 41.2 Å². The molecule has 0 saturated heterocycles. The van der Waals surface area contributed by atoms with Gasteiger partial charge in [-0.1, -0.05) is 23.7 Å². The summed E-state index contributed by atoms with van der Waals surface area (Å²) >= 11 is 6.14. The van der Waals surface area contributed by atoms with Crippen LogP contribution >= 0.6 is 11.6 Å². The average molecular weight is 503 g/mol. The summed E-state index contributed by atoms with van der Waals surface area (Å²) in [4.78, 5) is 13.1. The van der Waals surface area contributed by atoms with E-state index in [9.17, 15) is 13.2 Å². The van der Waals surface area contributed by atoms with Crippen LogP contribution in [0.5, 0.6) is 11.5 Å². The van der Waals surface area contributed by atoms with Crippen molar-refractivity contribution in [1.29, 1.82) is 0 Å². The third kappa shape index (κ3) is 4.96. The van der Waals surface area contributed by atoms with Crippen LogP contribution in [0, 0.1) is 0 Å². The largest absolute Gasteiger partial charge is 0.497 e. The lowest BCUT2D eigenvalue weighted by Crippen LogP contribution is -2.48. The molecule has 0 fully saturated rings. The number of sulfonamides is 1. The zero-order valence-corrected chi connectivity index (χ0v) is 20.1. The SMILES string of the molecule is COCc1cccc(NC(=O)[C@H]2CN(S(=O)(=O)c3ccc(OC)cc3)c3cc(Cl)ccc3O2)c1. The molecule has 1 atom stereocenters. The van der Waals surface area contributed by atoms with E-state index in [-0.39, 0.29) is 22.9 Å². The molecule has 178 valence electrons. The number of amides is 1. The first-order chi connectivity index (χ1) is 16.3. The van der Waals surface area contributed by atoms with Gasteiger partial charge >= 0.3 is 0 Å². The molecule has 0 aromatic heterocycles. The quantitative estimate of drug-likeness (QED) is 0.523. The molecule has 1 amide bonds. The van der Waals surface area contributed by atoms with E-state index in [1.165, 1.54) is 25.3 Å². The minimum atomic E-state index is -4.03. The summed E-state index contributed by atoms with van der Waals surface area (Å²) in [6.07, 6.45) is -1.09. The number of nitrogens with zero attached hydrogens (tertiary/aromatic N) is 1. The first kappa shape index (κ1) is 23.9. The molecule has 0 aliphatic carbocycles. The minimum absolute atomic E-state index is 0.0487. The first-order valence-corrected chi connectivity index (χ1v) is 12.2. The lowest BCUT2D eigenvalue weighted by molar-refractivity contribution is -0.122. The summed E-state index contributed by atoms with van der Waals surface area (Å²) in [5, 5.41) is 3.14. The predicted octanol–water partition coefficient (Wildman–Crippen LogP) is 4.09. The van der Waals surface area contributed by atoms with Crippen molar-refractivity contribution in [2.75, 3.05) is 30.4 Å². The van der Waals surface area contributed by atoms with Crippen molar-refractivity contribution in [3.05, 3.63) is 77.3 Å². The minimum Gasteiger partial charge on any atom is -0.497 e. The van der Waals surface area contributed by atoms with Gasteiger partial charge in [0.25, 0.3) is 15.9 Å². The number of fused-ring (bicyclic) bond motifs is 1. The number of hydrogen-bond donors (Lipinski definition) is 1. The lowest BCUT2D eigenvalue weighted by Gasteiger charge is -2.35. The Morgan fingerprint density at radius 1 is 1.12 bits per heavy atom. The predicted molar refractivity (Wildman–Crippen MR) is 129 cm³/mol. The summed E-state index contributed by atoms with van der Waals surface area (Å²) in [7, 11) is -0.944. The van der Waals surface area contributed by atoms with Gasteiger partial charge in [0.2, 0.25) is 0 Å². The number of carbonyl (C=O) groups excluding carboxylic acids is 1. The number of methoxy groups -OCH3 is 2. The monoisotopic (exact) mass is 502 g/mol. The van der Waals surface area contributed by atoms with E-state index in [0.717, 1.165) is 9.87 Å². The van der Waals surface area contributed by atoms with Gasteiger partial charge in [-0.2, -0.15) is 0 Å². The van der Waals surface area contributed by atoms with Gasteiger partial charge in [0.05, 0.1) is 30.8 Å². The van der Waals surface area contributed by atoms with Gasteiger partial charge in [-0.3, -0.25) is 9.10 Å².